The Morgan fingerprint density at radius 2 is 1.81 bits per heavy atom. The zero-order chi connectivity index (χ0) is 18.2. The molecule has 0 N–H and O–H groups in total. The van der Waals surface area contributed by atoms with Crippen LogP contribution in [0.4, 0.5) is 0 Å². The molecule has 0 fully saturated rings. The van der Waals surface area contributed by atoms with Gasteiger partial charge in [0.15, 0.2) is 6.61 Å². The first-order valence-corrected chi connectivity index (χ1v) is 8.51. The number of halogens is 1. The van der Waals surface area contributed by atoms with Crippen molar-refractivity contribution in [3.8, 4) is 17.2 Å². The molecule has 0 aliphatic carbocycles. The number of rotatable bonds is 8. The van der Waals surface area contributed by atoms with Crippen molar-refractivity contribution in [1.82, 2.24) is 10.2 Å². The molecule has 0 saturated heterocycles. The Bertz CT molecular complexity index is 852. The smallest absolute Gasteiger partial charge is 0.306 e. The summed E-state index contributed by atoms with van der Waals surface area (Å²) < 4.78 is 16.1. The summed E-state index contributed by atoms with van der Waals surface area (Å²) in [6.07, 6.45) is 0.806. The molecule has 0 unspecified atom stereocenters. The number of carbonyl (C=O) groups excluding carboxylic acids is 1. The van der Waals surface area contributed by atoms with Crippen LogP contribution in [0, 0.1) is 0 Å². The van der Waals surface area contributed by atoms with E-state index in [1.807, 2.05) is 42.5 Å². The first-order chi connectivity index (χ1) is 12.7. The lowest BCUT2D eigenvalue weighted by Crippen LogP contribution is -2.07. The number of esters is 1. The molecule has 6 nitrogen and oxygen atoms in total. The minimum Gasteiger partial charge on any atom is -0.494 e. The Balaban J connectivity index is 1.40. The summed E-state index contributed by atoms with van der Waals surface area (Å²) in [5, 5.41) is 8.30. The summed E-state index contributed by atoms with van der Waals surface area (Å²) in [5.41, 5.74) is 0.636. The van der Waals surface area contributed by atoms with E-state index in [2.05, 4.69) is 10.2 Å². The van der Waals surface area contributed by atoms with Gasteiger partial charge in [0.2, 0.25) is 5.89 Å². The number of aromatic nitrogens is 2. The lowest BCUT2D eigenvalue weighted by atomic mass is 10.2. The third-order valence-electron chi connectivity index (χ3n) is 3.46. The van der Waals surface area contributed by atoms with Crippen molar-refractivity contribution in [2.24, 2.45) is 0 Å². The topological polar surface area (TPSA) is 74.5 Å². The maximum Gasteiger partial charge on any atom is 0.306 e. The van der Waals surface area contributed by atoms with Crippen LogP contribution in [0.15, 0.2) is 59.0 Å². The van der Waals surface area contributed by atoms with E-state index in [0.29, 0.717) is 23.6 Å². The molecular weight excluding hydrogens is 356 g/mol. The quantitative estimate of drug-likeness (QED) is 0.433. The Morgan fingerprint density at radius 3 is 2.62 bits per heavy atom. The maximum atomic E-state index is 11.8. The Morgan fingerprint density at radius 1 is 1.04 bits per heavy atom. The fraction of sp³-hybridized carbons (Fsp3) is 0.211. The normalized spacial score (nSPS) is 10.5. The van der Waals surface area contributed by atoms with Gasteiger partial charge in [-0.2, -0.15) is 0 Å². The van der Waals surface area contributed by atoms with E-state index >= 15 is 0 Å². The van der Waals surface area contributed by atoms with E-state index in [4.69, 9.17) is 25.5 Å². The fourth-order valence-corrected chi connectivity index (χ4v) is 2.41. The Hall–Kier alpha value is -2.86. The van der Waals surface area contributed by atoms with E-state index < -0.39 is 0 Å². The van der Waals surface area contributed by atoms with Gasteiger partial charge in [0.05, 0.1) is 17.2 Å². The summed E-state index contributed by atoms with van der Waals surface area (Å²) in [7, 11) is 0. The molecule has 3 aromatic rings. The highest BCUT2D eigenvalue weighted by Crippen LogP contribution is 2.26. The molecule has 26 heavy (non-hydrogen) atoms. The van der Waals surface area contributed by atoms with Crippen molar-refractivity contribution in [1.29, 1.82) is 0 Å². The predicted octanol–water partition coefficient (Wildman–Crippen LogP) is 4.29. The highest BCUT2D eigenvalue weighted by molar-refractivity contribution is 6.33. The van der Waals surface area contributed by atoms with Crippen LogP contribution in [-0.4, -0.2) is 22.8 Å². The van der Waals surface area contributed by atoms with Gasteiger partial charge in [-0.15, -0.1) is 10.2 Å². The Kier molecular flexibility index (Phi) is 6.22. The molecule has 0 aliphatic rings. The van der Waals surface area contributed by atoms with Crippen LogP contribution in [0.1, 0.15) is 18.7 Å². The average molecular weight is 373 g/mol. The SMILES string of the molecule is O=C(CCCOc1ccccc1)OCc1nnc(-c2ccccc2Cl)o1. The van der Waals surface area contributed by atoms with E-state index in [-0.39, 0.29) is 30.8 Å². The molecule has 0 amide bonds. The van der Waals surface area contributed by atoms with Crippen LogP contribution < -0.4 is 4.74 Å². The predicted molar refractivity (Wildman–Crippen MR) is 95.7 cm³/mol. The van der Waals surface area contributed by atoms with Gasteiger partial charge < -0.3 is 13.9 Å². The minimum atomic E-state index is -0.348. The van der Waals surface area contributed by atoms with E-state index in [0.717, 1.165) is 5.75 Å². The molecule has 0 radical (unpaired) electrons. The van der Waals surface area contributed by atoms with E-state index in [1.54, 1.807) is 12.1 Å². The number of hydrogen-bond acceptors (Lipinski definition) is 6. The number of ether oxygens (including phenoxy) is 2. The summed E-state index contributed by atoms with van der Waals surface area (Å²) in [5.74, 6) is 0.935. The van der Waals surface area contributed by atoms with Gasteiger partial charge in [-0.25, -0.2) is 0 Å². The molecule has 134 valence electrons. The molecule has 0 saturated carbocycles. The van der Waals surface area contributed by atoms with Crippen LogP contribution in [0.25, 0.3) is 11.5 Å². The van der Waals surface area contributed by atoms with E-state index in [9.17, 15) is 4.79 Å². The standard InChI is InChI=1S/C19H17ClN2O4/c20-16-10-5-4-9-15(16)19-22-21-17(26-19)13-25-18(23)11-6-12-24-14-7-2-1-3-8-14/h1-5,7-10H,6,11-13H2. The van der Waals surface area contributed by atoms with Crippen molar-refractivity contribution in [2.75, 3.05) is 6.61 Å². The van der Waals surface area contributed by atoms with Crippen molar-refractivity contribution in [3.63, 3.8) is 0 Å². The van der Waals surface area contributed by atoms with Crippen molar-refractivity contribution in [3.05, 3.63) is 65.5 Å². The van der Waals surface area contributed by atoms with Crippen LogP contribution >= 0.6 is 11.6 Å². The molecule has 1 heterocycles. The van der Waals surface area contributed by atoms with Gasteiger partial charge in [-0.05, 0) is 30.7 Å². The summed E-state index contributed by atoms with van der Waals surface area (Å²) in [6.45, 7) is 0.367. The zero-order valence-corrected chi connectivity index (χ0v) is 14.7. The molecule has 1 aromatic heterocycles. The summed E-state index contributed by atoms with van der Waals surface area (Å²) in [4.78, 5) is 11.8. The van der Waals surface area contributed by atoms with Crippen LogP contribution in [-0.2, 0) is 16.1 Å². The minimum absolute atomic E-state index is 0.0736. The molecular formula is C19H17ClN2O4. The number of carbonyl (C=O) groups is 1. The second-order valence-electron chi connectivity index (χ2n) is 5.41. The third-order valence-corrected chi connectivity index (χ3v) is 3.79. The van der Waals surface area contributed by atoms with Crippen molar-refractivity contribution < 1.29 is 18.7 Å². The van der Waals surface area contributed by atoms with Gasteiger partial charge in [0.1, 0.15) is 5.75 Å². The average Bonchev–Trinajstić information content (AvgIpc) is 3.13. The maximum absolute atomic E-state index is 11.8. The van der Waals surface area contributed by atoms with Crippen molar-refractivity contribution >= 4 is 17.6 Å². The first kappa shape index (κ1) is 17.9. The Labute approximate surface area is 155 Å². The van der Waals surface area contributed by atoms with Crippen LogP contribution in [0.3, 0.4) is 0 Å². The van der Waals surface area contributed by atoms with Gasteiger partial charge in [-0.1, -0.05) is 41.9 Å². The fourth-order valence-electron chi connectivity index (χ4n) is 2.19. The van der Waals surface area contributed by atoms with Gasteiger partial charge >= 0.3 is 5.97 Å². The third kappa shape index (κ3) is 5.07. The molecule has 0 bridgehead atoms. The highest BCUT2D eigenvalue weighted by atomic mass is 35.5. The molecule has 2 aromatic carbocycles. The lowest BCUT2D eigenvalue weighted by Gasteiger charge is -2.05. The summed E-state index contributed by atoms with van der Waals surface area (Å²) >= 11 is 6.09. The van der Waals surface area contributed by atoms with Crippen LogP contribution in [0.2, 0.25) is 5.02 Å². The first-order valence-electron chi connectivity index (χ1n) is 8.13. The van der Waals surface area contributed by atoms with Crippen LogP contribution in [0.5, 0.6) is 5.75 Å². The number of para-hydroxylation sites is 1. The van der Waals surface area contributed by atoms with Gasteiger partial charge in [-0.3, -0.25) is 4.79 Å². The van der Waals surface area contributed by atoms with Crippen molar-refractivity contribution in [2.45, 2.75) is 19.4 Å². The van der Waals surface area contributed by atoms with Gasteiger partial charge in [0, 0.05) is 6.42 Å². The molecule has 0 spiro atoms. The molecule has 0 atom stereocenters. The molecule has 0 aliphatic heterocycles. The lowest BCUT2D eigenvalue weighted by molar-refractivity contribution is -0.145. The number of hydrogen-bond donors (Lipinski definition) is 0. The largest absolute Gasteiger partial charge is 0.494 e. The zero-order valence-electron chi connectivity index (χ0n) is 13.9. The monoisotopic (exact) mass is 372 g/mol. The highest BCUT2D eigenvalue weighted by Gasteiger charge is 2.13. The summed E-state index contributed by atoms with van der Waals surface area (Å²) in [6, 6.07) is 16.6. The number of benzene rings is 2. The molecule has 7 heteroatoms. The van der Waals surface area contributed by atoms with Gasteiger partial charge in [0.25, 0.3) is 5.89 Å². The number of nitrogens with zero attached hydrogens (tertiary/aromatic N) is 2. The molecule has 3 rings (SSSR count). The second kappa shape index (κ2) is 9.01. The van der Waals surface area contributed by atoms with E-state index in [1.165, 1.54) is 0 Å². The second-order valence-corrected chi connectivity index (χ2v) is 5.81.